The van der Waals surface area contributed by atoms with E-state index in [0.29, 0.717) is 37.8 Å². The van der Waals surface area contributed by atoms with Gasteiger partial charge in [-0.25, -0.2) is 15.0 Å². The molecule has 0 spiro atoms. The van der Waals surface area contributed by atoms with E-state index in [1.165, 1.54) is 0 Å². The number of nitrogen functional groups attached to an aromatic ring is 2. The van der Waals surface area contributed by atoms with Crippen LogP contribution >= 0.6 is 20.0 Å². The summed E-state index contributed by atoms with van der Waals surface area (Å²) in [5.74, 6) is 1.88. The maximum absolute atomic E-state index is 6.00. The Morgan fingerprint density at radius 1 is 1.11 bits per heavy atom. The first-order valence-corrected chi connectivity index (χ1v) is 13.3. The molecule has 0 saturated heterocycles. The van der Waals surface area contributed by atoms with Crippen LogP contribution in [0.1, 0.15) is 38.7 Å². The van der Waals surface area contributed by atoms with Crippen LogP contribution < -0.4 is 21.5 Å². The van der Waals surface area contributed by atoms with Crippen LogP contribution in [-0.4, -0.2) is 45.5 Å². The fraction of sp³-hybridized carbons (Fsp3) is 0.435. The van der Waals surface area contributed by atoms with Gasteiger partial charge < -0.3 is 35.1 Å². The van der Waals surface area contributed by atoms with Crippen LogP contribution in [0.4, 0.5) is 11.6 Å². The van der Waals surface area contributed by atoms with Crippen LogP contribution in [-0.2, 0) is 22.1 Å². The van der Waals surface area contributed by atoms with Crippen molar-refractivity contribution in [2.24, 2.45) is 0 Å². The second kappa shape index (κ2) is 12.9. The third-order valence-corrected chi connectivity index (χ3v) is 7.12. The van der Waals surface area contributed by atoms with E-state index >= 15 is 0 Å². The molecule has 0 bridgehead atoms. The third kappa shape index (κ3) is 6.95. The summed E-state index contributed by atoms with van der Waals surface area (Å²) in [6.45, 7) is 13.1. The van der Waals surface area contributed by atoms with Crippen LogP contribution in [0.3, 0.4) is 0 Å². The first-order chi connectivity index (χ1) is 16.9. The first-order valence-electron chi connectivity index (χ1n) is 11.5. The molecule has 35 heavy (non-hydrogen) atoms. The summed E-state index contributed by atoms with van der Waals surface area (Å²) in [5.41, 5.74) is 14.3. The number of nitrogens with one attached hydrogen (secondary N) is 1. The van der Waals surface area contributed by atoms with E-state index in [2.05, 4.69) is 33.4 Å². The summed E-state index contributed by atoms with van der Waals surface area (Å²) in [6.07, 6.45) is 1.70. The number of hydrogen-bond acceptors (Lipinski definition) is 9. The molecule has 2 aromatic heterocycles. The molecule has 0 radical (unpaired) electrons. The van der Waals surface area contributed by atoms with Crippen molar-refractivity contribution in [3.63, 3.8) is 0 Å². The Labute approximate surface area is 211 Å². The zero-order valence-electron chi connectivity index (χ0n) is 20.4. The molecule has 0 aliphatic heterocycles. The van der Waals surface area contributed by atoms with Crippen LogP contribution in [0.2, 0.25) is 5.15 Å². The summed E-state index contributed by atoms with van der Waals surface area (Å²) in [5, 5.41) is 3.29. The quantitative estimate of drug-likeness (QED) is 0.206. The summed E-state index contributed by atoms with van der Waals surface area (Å²) >= 11 is 5.99. The molecular weight excluding hydrogens is 489 g/mol. The molecular formula is C23H33ClN7O3P. The Morgan fingerprint density at radius 3 is 2.54 bits per heavy atom. The van der Waals surface area contributed by atoms with E-state index in [9.17, 15) is 0 Å². The molecule has 12 heteroatoms. The van der Waals surface area contributed by atoms with Gasteiger partial charge in [0.2, 0.25) is 0 Å². The van der Waals surface area contributed by atoms with E-state index in [1.807, 2.05) is 32.0 Å². The number of fused-ring (bicyclic) bond motifs is 1. The zero-order valence-corrected chi connectivity index (χ0v) is 22.0. The number of rotatable bonds is 14. The lowest BCUT2D eigenvalue weighted by Crippen LogP contribution is -2.17. The van der Waals surface area contributed by atoms with Gasteiger partial charge in [-0.3, -0.25) is 0 Å². The normalized spacial score (nSPS) is 11.3. The number of anilines is 2. The predicted molar refractivity (Wildman–Crippen MR) is 142 cm³/mol. The van der Waals surface area contributed by atoms with E-state index in [-0.39, 0.29) is 16.8 Å². The summed E-state index contributed by atoms with van der Waals surface area (Å²) in [7, 11) is -0.844. The van der Waals surface area contributed by atoms with Gasteiger partial charge >= 0.3 is 0 Å². The molecule has 0 aliphatic rings. The maximum Gasteiger partial charge on any atom is 0.172 e. The second-order valence-electron chi connectivity index (χ2n) is 7.48. The van der Waals surface area contributed by atoms with Crippen molar-refractivity contribution in [1.29, 1.82) is 0 Å². The number of nitrogens with two attached hydrogens (primary N) is 2. The molecule has 2 heterocycles. The summed E-state index contributed by atoms with van der Waals surface area (Å²) in [6, 6.07) is 5.92. The van der Waals surface area contributed by atoms with Gasteiger partial charge in [0, 0.05) is 18.8 Å². The lowest BCUT2D eigenvalue weighted by atomic mass is 10.3. The SMILES string of the molecule is C=C(NCc1nc2ccc(OCCCP(OCC)OCC)cc2n1CC)c1nc(Cl)c(N)nc1N. The summed E-state index contributed by atoms with van der Waals surface area (Å²) in [4.78, 5) is 12.9. The molecule has 10 nitrogen and oxygen atoms in total. The van der Waals surface area contributed by atoms with Crippen molar-refractivity contribution in [2.75, 3.05) is 37.4 Å². The molecule has 190 valence electrons. The lowest BCUT2D eigenvalue weighted by molar-refractivity contribution is 0.263. The molecule has 5 N–H and O–H groups in total. The first kappa shape index (κ1) is 26.9. The van der Waals surface area contributed by atoms with Crippen molar-refractivity contribution in [2.45, 2.75) is 40.3 Å². The van der Waals surface area contributed by atoms with Crippen LogP contribution in [0.5, 0.6) is 5.75 Å². The predicted octanol–water partition coefficient (Wildman–Crippen LogP) is 4.58. The number of imidazole rings is 1. The Balaban J connectivity index is 1.65. The summed E-state index contributed by atoms with van der Waals surface area (Å²) < 4.78 is 19.4. The van der Waals surface area contributed by atoms with Gasteiger partial charge in [0.1, 0.15) is 17.3 Å². The van der Waals surface area contributed by atoms with Gasteiger partial charge in [0.15, 0.2) is 25.2 Å². The van der Waals surface area contributed by atoms with Crippen LogP contribution in [0.25, 0.3) is 16.7 Å². The molecule has 0 atom stereocenters. The monoisotopic (exact) mass is 521 g/mol. The number of ether oxygens (including phenoxy) is 1. The molecule has 0 saturated carbocycles. The number of hydrogen-bond donors (Lipinski definition) is 3. The Hall–Kier alpha value is -2.65. The highest BCUT2D eigenvalue weighted by Crippen LogP contribution is 2.38. The largest absolute Gasteiger partial charge is 0.494 e. The minimum Gasteiger partial charge on any atom is -0.494 e. The van der Waals surface area contributed by atoms with Crippen molar-refractivity contribution in [3.05, 3.63) is 41.4 Å². The van der Waals surface area contributed by atoms with E-state index < -0.39 is 8.38 Å². The highest BCUT2D eigenvalue weighted by Gasteiger charge is 2.15. The Morgan fingerprint density at radius 2 is 1.86 bits per heavy atom. The average molecular weight is 522 g/mol. The van der Waals surface area contributed by atoms with Crippen LogP contribution in [0, 0.1) is 0 Å². The van der Waals surface area contributed by atoms with Gasteiger partial charge in [-0.2, -0.15) is 0 Å². The number of aromatic nitrogens is 4. The van der Waals surface area contributed by atoms with Crippen molar-refractivity contribution in [3.8, 4) is 5.75 Å². The van der Waals surface area contributed by atoms with Gasteiger partial charge in [0.25, 0.3) is 0 Å². The Kier molecular flexibility index (Phi) is 9.92. The lowest BCUT2D eigenvalue weighted by Gasteiger charge is -2.15. The van der Waals surface area contributed by atoms with E-state index in [4.69, 9.17) is 41.8 Å². The maximum atomic E-state index is 6.00. The molecule has 0 fully saturated rings. The number of halogens is 1. The highest BCUT2D eigenvalue weighted by molar-refractivity contribution is 7.47. The second-order valence-corrected chi connectivity index (χ2v) is 9.47. The Bertz CT molecular complexity index is 1150. The molecule has 3 aromatic rings. The molecule has 0 amide bonds. The van der Waals surface area contributed by atoms with Crippen molar-refractivity contribution < 1.29 is 13.8 Å². The number of benzene rings is 1. The standard InChI is InChI=1S/C23H33ClN7O3P/c1-5-31-18-13-16(32-11-8-12-35(33-6-2)34-7-3)9-10-17(18)28-19(31)14-27-15(4)20-22(25)30-23(26)21(24)29-20/h9-10,13,27H,4-8,11-12,14H2,1-3H3,(H4,25,26,30). The molecule has 0 aliphatic carbocycles. The molecule has 3 rings (SSSR count). The third-order valence-electron chi connectivity index (χ3n) is 5.07. The fourth-order valence-electron chi connectivity index (χ4n) is 3.50. The van der Waals surface area contributed by atoms with Crippen molar-refractivity contribution in [1.82, 2.24) is 24.8 Å². The van der Waals surface area contributed by atoms with E-state index in [1.54, 1.807) is 0 Å². The molecule has 1 aromatic carbocycles. The minimum atomic E-state index is -0.844. The van der Waals surface area contributed by atoms with E-state index in [0.717, 1.165) is 41.7 Å². The van der Waals surface area contributed by atoms with Gasteiger partial charge in [-0.15, -0.1) is 0 Å². The average Bonchev–Trinajstić information content (AvgIpc) is 3.19. The smallest absolute Gasteiger partial charge is 0.172 e. The van der Waals surface area contributed by atoms with Gasteiger partial charge in [0.05, 0.1) is 43.1 Å². The van der Waals surface area contributed by atoms with Crippen LogP contribution in [0.15, 0.2) is 24.8 Å². The van der Waals surface area contributed by atoms with Crippen molar-refractivity contribution >= 4 is 48.3 Å². The zero-order chi connectivity index (χ0) is 25.4. The highest BCUT2D eigenvalue weighted by atomic mass is 35.5. The topological polar surface area (TPSA) is 135 Å². The number of nitrogens with zero attached hydrogens (tertiary/aromatic N) is 4. The minimum absolute atomic E-state index is 0.0795. The number of aryl methyl sites for hydroxylation is 1. The van der Waals surface area contributed by atoms with Gasteiger partial charge in [-0.05, 0) is 39.3 Å². The fourth-order valence-corrected chi connectivity index (χ4v) is 4.92. The van der Waals surface area contributed by atoms with Gasteiger partial charge in [-0.1, -0.05) is 18.2 Å². The molecule has 0 unspecified atom stereocenters.